The Morgan fingerprint density at radius 2 is 0.792 bits per heavy atom. The highest BCUT2D eigenvalue weighted by molar-refractivity contribution is 5.85. The van der Waals surface area contributed by atoms with Crippen LogP contribution in [0.15, 0.2) is 0 Å². The van der Waals surface area contributed by atoms with Crippen molar-refractivity contribution < 1.29 is 10.2 Å². The predicted molar refractivity (Wildman–Crippen MR) is 107 cm³/mol. The molecule has 0 aromatic heterocycles. The maximum Gasteiger partial charge on any atom is 0.0619 e. The maximum absolute atomic E-state index is 9.69. The van der Waals surface area contributed by atoms with Gasteiger partial charge in [-0.05, 0) is 90.9 Å². The topological polar surface area (TPSA) is 92.5 Å². The third kappa shape index (κ3) is 9.79. The standard InChI is InChI=1S/2C9H19NO.2ClH/c2*1-9(2,11)7-3-5-8(10)6-4-7;;/h2*7-8,11H,3-6,10H2,1-2H3;2*1H. The summed E-state index contributed by atoms with van der Waals surface area (Å²) in [7, 11) is 0. The summed E-state index contributed by atoms with van der Waals surface area (Å²) in [6.07, 6.45) is 8.66. The van der Waals surface area contributed by atoms with Crippen LogP contribution in [0.1, 0.15) is 79.1 Å². The molecule has 2 saturated carbocycles. The van der Waals surface area contributed by atoms with Gasteiger partial charge in [0.25, 0.3) is 0 Å². The zero-order valence-corrected chi connectivity index (χ0v) is 17.5. The second kappa shape index (κ2) is 11.2. The molecule has 24 heavy (non-hydrogen) atoms. The van der Waals surface area contributed by atoms with Crippen molar-refractivity contribution in [3.05, 3.63) is 0 Å². The van der Waals surface area contributed by atoms with E-state index in [0.717, 1.165) is 51.4 Å². The largest absolute Gasteiger partial charge is 0.390 e. The van der Waals surface area contributed by atoms with Crippen LogP contribution in [0.5, 0.6) is 0 Å². The van der Waals surface area contributed by atoms with E-state index < -0.39 is 11.2 Å². The Hall–Kier alpha value is 0.420. The molecule has 0 bridgehead atoms. The van der Waals surface area contributed by atoms with Gasteiger partial charge in [0.1, 0.15) is 0 Å². The molecule has 4 nitrogen and oxygen atoms in total. The van der Waals surface area contributed by atoms with Crippen LogP contribution in [0.2, 0.25) is 0 Å². The average molecular weight is 387 g/mol. The fraction of sp³-hybridized carbons (Fsp3) is 1.00. The predicted octanol–water partition coefficient (Wildman–Crippen LogP) is 3.39. The molecule has 2 aliphatic rings. The molecule has 0 aromatic rings. The molecule has 2 aliphatic carbocycles. The fourth-order valence-corrected chi connectivity index (χ4v) is 3.65. The normalized spacial score (nSPS) is 31.0. The first-order valence-corrected chi connectivity index (χ1v) is 8.96. The van der Waals surface area contributed by atoms with Gasteiger partial charge in [0.2, 0.25) is 0 Å². The summed E-state index contributed by atoms with van der Waals surface area (Å²) in [6.45, 7) is 7.59. The highest BCUT2D eigenvalue weighted by Gasteiger charge is 2.30. The third-order valence-corrected chi connectivity index (χ3v) is 5.54. The summed E-state index contributed by atoms with van der Waals surface area (Å²) in [4.78, 5) is 0. The lowest BCUT2D eigenvalue weighted by Crippen LogP contribution is -2.37. The monoisotopic (exact) mass is 386 g/mol. The van der Waals surface area contributed by atoms with Crippen LogP contribution in [0.25, 0.3) is 0 Å². The van der Waals surface area contributed by atoms with Gasteiger partial charge in [-0.15, -0.1) is 24.8 Å². The van der Waals surface area contributed by atoms with Gasteiger partial charge >= 0.3 is 0 Å². The molecule has 6 heteroatoms. The molecular formula is C18H40Cl2N2O2. The Bertz CT molecular complexity index is 282. The molecule has 2 fully saturated rings. The van der Waals surface area contributed by atoms with E-state index in [9.17, 15) is 10.2 Å². The molecule has 0 radical (unpaired) electrons. The first kappa shape index (κ1) is 26.6. The number of rotatable bonds is 2. The van der Waals surface area contributed by atoms with E-state index in [2.05, 4.69) is 0 Å². The second-order valence-electron chi connectivity index (χ2n) is 8.53. The molecule has 0 heterocycles. The van der Waals surface area contributed by atoms with E-state index in [1.807, 2.05) is 27.7 Å². The van der Waals surface area contributed by atoms with Crippen molar-refractivity contribution in [2.75, 3.05) is 0 Å². The lowest BCUT2D eigenvalue weighted by molar-refractivity contribution is -0.00163. The van der Waals surface area contributed by atoms with Gasteiger partial charge in [0.05, 0.1) is 11.2 Å². The molecule has 0 unspecified atom stereocenters. The number of hydrogen-bond acceptors (Lipinski definition) is 4. The Balaban J connectivity index is 0. The van der Waals surface area contributed by atoms with Crippen molar-refractivity contribution in [3.63, 3.8) is 0 Å². The zero-order valence-electron chi connectivity index (χ0n) is 15.8. The third-order valence-electron chi connectivity index (χ3n) is 5.54. The Morgan fingerprint density at radius 1 is 0.583 bits per heavy atom. The smallest absolute Gasteiger partial charge is 0.0619 e. The van der Waals surface area contributed by atoms with Crippen molar-refractivity contribution in [2.45, 2.75) is 102 Å². The molecule has 0 atom stereocenters. The summed E-state index contributed by atoms with van der Waals surface area (Å²) >= 11 is 0. The summed E-state index contributed by atoms with van der Waals surface area (Å²) in [5, 5.41) is 19.4. The lowest BCUT2D eigenvalue weighted by atomic mass is 9.77. The van der Waals surface area contributed by atoms with Crippen molar-refractivity contribution in [1.29, 1.82) is 0 Å². The summed E-state index contributed by atoms with van der Waals surface area (Å²) in [5.41, 5.74) is 10.5. The van der Waals surface area contributed by atoms with Crippen LogP contribution in [0.4, 0.5) is 0 Å². The Morgan fingerprint density at radius 3 is 0.958 bits per heavy atom. The van der Waals surface area contributed by atoms with Crippen molar-refractivity contribution >= 4 is 24.8 Å². The quantitative estimate of drug-likeness (QED) is 0.584. The Labute approximate surface area is 161 Å². The minimum absolute atomic E-state index is 0. The van der Waals surface area contributed by atoms with Gasteiger partial charge in [-0.25, -0.2) is 0 Å². The molecule has 0 spiro atoms. The molecule has 0 saturated heterocycles. The SMILES string of the molecule is CC(C)(O)C1CCC(N)CC1.CC(C)(O)C1CCC(N)CC1.Cl.Cl. The van der Waals surface area contributed by atoms with E-state index in [4.69, 9.17) is 11.5 Å². The van der Waals surface area contributed by atoms with Crippen LogP contribution in [-0.4, -0.2) is 33.5 Å². The highest BCUT2D eigenvalue weighted by atomic mass is 35.5. The van der Waals surface area contributed by atoms with Gasteiger partial charge in [0.15, 0.2) is 0 Å². The lowest BCUT2D eigenvalue weighted by Gasteiger charge is -2.34. The average Bonchev–Trinajstić information content (AvgIpc) is 2.38. The van der Waals surface area contributed by atoms with E-state index in [1.54, 1.807) is 0 Å². The highest BCUT2D eigenvalue weighted by Crippen LogP contribution is 2.32. The van der Waals surface area contributed by atoms with Gasteiger partial charge in [-0.1, -0.05) is 0 Å². The van der Waals surface area contributed by atoms with E-state index >= 15 is 0 Å². The summed E-state index contributed by atoms with van der Waals surface area (Å²) in [5.74, 6) is 0.921. The van der Waals surface area contributed by atoms with E-state index in [1.165, 1.54) is 0 Å². The van der Waals surface area contributed by atoms with Crippen LogP contribution >= 0.6 is 24.8 Å². The maximum atomic E-state index is 9.69. The van der Waals surface area contributed by atoms with E-state index in [0.29, 0.717) is 23.9 Å². The van der Waals surface area contributed by atoms with Gasteiger partial charge in [-0.3, -0.25) is 0 Å². The van der Waals surface area contributed by atoms with Gasteiger partial charge < -0.3 is 21.7 Å². The second-order valence-corrected chi connectivity index (χ2v) is 8.53. The molecule has 0 aromatic carbocycles. The number of aliphatic hydroxyl groups is 2. The van der Waals surface area contributed by atoms with Gasteiger partial charge in [-0.2, -0.15) is 0 Å². The van der Waals surface area contributed by atoms with Crippen molar-refractivity contribution in [1.82, 2.24) is 0 Å². The number of nitrogens with two attached hydrogens (primary N) is 2. The number of hydrogen-bond donors (Lipinski definition) is 4. The molecule has 0 amide bonds. The first-order valence-electron chi connectivity index (χ1n) is 8.96. The van der Waals surface area contributed by atoms with Crippen molar-refractivity contribution in [2.24, 2.45) is 23.3 Å². The molecular weight excluding hydrogens is 347 g/mol. The fourth-order valence-electron chi connectivity index (χ4n) is 3.65. The van der Waals surface area contributed by atoms with E-state index in [-0.39, 0.29) is 24.8 Å². The Kier molecular flexibility index (Phi) is 12.4. The van der Waals surface area contributed by atoms with Gasteiger partial charge in [0, 0.05) is 12.1 Å². The molecule has 148 valence electrons. The van der Waals surface area contributed by atoms with Crippen LogP contribution in [-0.2, 0) is 0 Å². The van der Waals surface area contributed by atoms with Crippen LogP contribution in [0.3, 0.4) is 0 Å². The van der Waals surface area contributed by atoms with Crippen molar-refractivity contribution in [3.8, 4) is 0 Å². The van der Waals surface area contributed by atoms with Crippen LogP contribution in [0, 0.1) is 11.8 Å². The first-order chi connectivity index (χ1) is 10.00. The molecule has 0 aliphatic heterocycles. The number of halogens is 2. The molecule has 6 N–H and O–H groups in total. The minimum Gasteiger partial charge on any atom is -0.390 e. The van der Waals surface area contributed by atoms with Crippen LogP contribution < -0.4 is 11.5 Å². The zero-order chi connectivity index (χ0) is 17.0. The minimum atomic E-state index is -0.500. The summed E-state index contributed by atoms with van der Waals surface area (Å²) in [6, 6.07) is 0.766. The molecule has 2 rings (SSSR count). The summed E-state index contributed by atoms with van der Waals surface area (Å²) < 4.78 is 0.